The number of allylic oxidation sites excluding steroid dienone is 1. The van der Waals surface area contributed by atoms with Crippen molar-refractivity contribution < 1.29 is 24.2 Å². The van der Waals surface area contributed by atoms with E-state index >= 15 is 0 Å². The maximum absolute atomic E-state index is 14.4. The van der Waals surface area contributed by atoms with Crippen LogP contribution in [0.15, 0.2) is 23.5 Å². The van der Waals surface area contributed by atoms with Gasteiger partial charge >= 0.3 is 5.97 Å². The summed E-state index contributed by atoms with van der Waals surface area (Å²) in [5.41, 5.74) is 8.16. The number of rotatable bonds is 6. The zero-order chi connectivity index (χ0) is 29.1. The first kappa shape index (κ1) is 28.2. The Morgan fingerprint density at radius 3 is 2.59 bits per heavy atom. The number of benzene rings is 1. The Bertz CT molecular complexity index is 1310. The standard InChI is InChI=1S/C30H40ClN5O5/c1-29(28(39)40)10-3-2-5-19(29)27(38)34-14-9-18-20(31)7-8-23(41-16-21(32)22-6-4-13-36(22)33)25(18)26(34)35-17-30(11-12-30)15-24(35)37/h7-8,19,26H,2-6,9-17,32-33H2,1H3,(H,39,40)/b22-21-/t19-,26+,29-/m0/s1. The molecule has 11 heteroatoms. The van der Waals surface area contributed by atoms with E-state index in [1.807, 2.05) is 4.90 Å². The van der Waals surface area contributed by atoms with Crippen LogP contribution >= 0.6 is 11.6 Å². The molecule has 5 aliphatic rings. The summed E-state index contributed by atoms with van der Waals surface area (Å²) in [5, 5.41) is 12.4. The Morgan fingerprint density at radius 2 is 1.93 bits per heavy atom. The summed E-state index contributed by atoms with van der Waals surface area (Å²) in [6.07, 6.45) is 6.43. The molecule has 2 saturated heterocycles. The molecule has 1 spiro atoms. The van der Waals surface area contributed by atoms with Crippen LogP contribution in [0.1, 0.15) is 82.0 Å². The highest BCUT2D eigenvalue weighted by Gasteiger charge is 2.56. The van der Waals surface area contributed by atoms with Crippen molar-refractivity contribution in [2.24, 2.45) is 28.3 Å². The molecule has 0 bridgehead atoms. The van der Waals surface area contributed by atoms with E-state index in [1.54, 1.807) is 29.0 Å². The number of aliphatic carboxylic acids is 1. The first-order valence-electron chi connectivity index (χ1n) is 14.8. The van der Waals surface area contributed by atoms with Crippen LogP contribution in [0.5, 0.6) is 5.75 Å². The number of carboxylic acids is 1. The minimum absolute atomic E-state index is 0.0000714. The topological polar surface area (TPSA) is 142 Å². The molecular formula is C30H40ClN5O5. The summed E-state index contributed by atoms with van der Waals surface area (Å²) >= 11 is 6.74. The Kier molecular flexibility index (Phi) is 7.13. The van der Waals surface area contributed by atoms with E-state index in [4.69, 9.17) is 27.9 Å². The summed E-state index contributed by atoms with van der Waals surface area (Å²) in [6.45, 7) is 3.43. The first-order valence-corrected chi connectivity index (χ1v) is 15.2. The molecular weight excluding hydrogens is 546 g/mol. The molecule has 3 aliphatic heterocycles. The number of ether oxygens (including phenoxy) is 1. The van der Waals surface area contributed by atoms with Gasteiger partial charge in [0.1, 0.15) is 18.5 Å². The number of amides is 2. The molecule has 222 valence electrons. The predicted molar refractivity (Wildman–Crippen MR) is 152 cm³/mol. The van der Waals surface area contributed by atoms with Crippen molar-refractivity contribution in [3.8, 4) is 5.75 Å². The Morgan fingerprint density at radius 1 is 1.15 bits per heavy atom. The maximum Gasteiger partial charge on any atom is 0.310 e. The van der Waals surface area contributed by atoms with E-state index < -0.39 is 23.5 Å². The van der Waals surface area contributed by atoms with Crippen LogP contribution in [0.2, 0.25) is 5.02 Å². The molecule has 2 aliphatic carbocycles. The maximum atomic E-state index is 14.4. The highest BCUT2D eigenvalue weighted by atomic mass is 35.5. The number of carboxylic acid groups (broad SMARTS) is 1. The Hall–Kier alpha value is -2.98. The lowest BCUT2D eigenvalue weighted by molar-refractivity contribution is -0.165. The van der Waals surface area contributed by atoms with E-state index in [2.05, 4.69) is 0 Å². The summed E-state index contributed by atoms with van der Waals surface area (Å²) in [5.74, 6) is 4.77. The van der Waals surface area contributed by atoms with Crippen LogP contribution in [-0.2, 0) is 20.8 Å². The number of likely N-dealkylation sites (tertiary alicyclic amines) is 1. The molecule has 3 heterocycles. The van der Waals surface area contributed by atoms with E-state index in [9.17, 15) is 19.5 Å². The van der Waals surface area contributed by atoms with Crippen molar-refractivity contribution >= 4 is 29.4 Å². The van der Waals surface area contributed by atoms with Gasteiger partial charge in [0.25, 0.3) is 0 Å². The molecule has 3 atom stereocenters. The third-order valence-electron chi connectivity index (χ3n) is 10.2. The lowest BCUT2D eigenvalue weighted by Gasteiger charge is -2.47. The smallest absolute Gasteiger partial charge is 0.310 e. The fourth-order valence-electron chi connectivity index (χ4n) is 7.47. The quantitative estimate of drug-likeness (QED) is 0.430. The molecule has 41 heavy (non-hydrogen) atoms. The molecule has 5 N–H and O–H groups in total. The third kappa shape index (κ3) is 4.82. The van der Waals surface area contributed by atoms with Gasteiger partial charge in [-0.3, -0.25) is 14.4 Å². The number of nitrogens with two attached hydrogens (primary N) is 2. The molecule has 10 nitrogen and oxygen atoms in total. The number of hydrogen-bond donors (Lipinski definition) is 3. The van der Waals surface area contributed by atoms with Crippen molar-refractivity contribution in [3.05, 3.63) is 39.7 Å². The Labute approximate surface area is 245 Å². The van der Waals surface area contributed by atoms with Crippen LogP contribution in [0, 0.1) is 16.7 Å². The predicted octanol–water partition coefficient (Wildman–Crippen LogP) is 3.54. The van der Waals surface area contributed by atoms with Crippen LogP contribution in [0.4, 0.5) is 0 Å². The van der Waals surface area contributed by atoms with E-state index in [0.717, 1.165) is 56.3 Å². The van der Waals surface area contributed by atoms with Gasteiger partial charge in [0, 0.05) is 36.6 Å². The number of hydrazine groups is 1. The fourth-order valence-corrected chi connectivity index (χ4v) is 7.73. The van der Waals surface area contributed by atoms with Crippen LogP contribution in [0.3, 0.4) is 0 Å². The van der Waals surface area contributed by atoms with Crippen LogP contribution in [-0.4, -0.2) is 63.9 Å². The number of halogens is 1. The molecule has 2 amide bonds. The zero-order valence-corrected chi connectivity index (χ0v) is 24.4. The van der Waals surface area contributed by atoms with Gasteiger partial charge in [0.15, 0.2) is 0 Å². The van der Waals surface area contributed by atoms with Crippen LogP contribution in [0.25, 0.3) is 0 Å². The molecule has 0 aromatic heterocycles. The van der Waals surface area contributed by atoms with E-state index in [1.165, 1.54) is 0 Å². The molecule has 1 aromatic carbocycles. The summed E-state index contributed by atoms with van der Waals surface area (Å²) in [4.78, 5) is 44.0. The van der Waals surface area contributed by atoms with Gasteiger partial charge in [-0.1, -0.05) is 24.4 Å². The monoisotopic (exact) mass is 585 g/mol. The lowest BCUT2D eigenvalue weighted by atomic mass is 9.66. The summed E-state index contributed by atoms with van der Waals surface area (Å²) in [6, 6.07) is 3.57. The number of hydrogen-bond acceptors (Lipinski definition) is 7. The number of carbonyl (C=O) groups is 3. The molecule has 0 radical (unpaired) electrons. The lowest BCUT2D eigenvalue weighted by Crippen LogP contribution is -2.54. The van der Waals surface area contributed by atoms with Crippen molar-refractivity contribution in [2.75, 3.05) is 26.2 Å². The third-order valence-corrected chi connectivity index (χ3v) is 10.6. The van der Waals surface area contributed by atoms with Gasteiger partial charge < -0.3 is 30.4 Å². The van der Waals surface area contributed by atoms with Crippen molar-refractivity contribution in [2.45, 2.75) is 77.3 Å². The number of carbonyl (C=O) groups excluding carboxylic acids is 2. The SMILES string of the molecule is C[C@]1(C(=O)O)CCCC[C@H]1C(=O)N1CCc2c(Cl)ccc(OC/C(N)=C3\CCCN3N)c2[C@H]1N1CC2(CC2)CC1=O. The van der Waals surface area contributed by atoms with E-state index in [-0.39, 0.29) is 23.8 Å². The van der Waals surface area contributed by atoms with Crippen molar-refractivity contribution in [3.63, 3.8) is 0 Å². The van der Waals surface area contributed by atoms with Gasteiger partial charge in [-0.05, 0) is 75.0 Å². The Balaban J connectivity index is 1.40. The molecule has 1 aromatic rings. The largest absolute Gasteiger partial charge is 0.487 e. The van der Waals surface area contributed by atoms with Gasteiger partial charge in [-0.15, -0.1) is 0 Å². The summed E-state index contributed by atoms with van der Waals surface area (Å²) in [7, 11) is 0. The second-order valence-corrected chi connectivity index (χ2v) is 13.3. The molecule has 2 saturated carbocycles. The second kappa shape index (κ2) is 10.4. The minimum Gasteiger partial charge on any atom is -0.487 e. The first-order chi connectivity index (χ1) is 19.5. The average Bonchev–Trinajstić information content (AvgIpc) is 3.42. The van der Waals surface area contributed by atoms with Gasteiger partial charge in [-0.2, -0.15) is 0 Å². The van der Waals surface area contributed by atoms with Crippen LogP contribution < -0.4 is 16.3 Å². The molecule has 4 fully saturated rings. The molecule has 0 unspecified atom stereocenters. The van der Waals surface area contributed by atoms with E-state index in [0.29, 0.717) is 60.8 Å². The fraction of sp³-hybridized carbons (Fsp3) is 0.633. The second-order valence-electron chi connectivity index (χ2n) is 12.9. The van der Waals surface area contributed by atoms with Gasteiger partial charge in [0.05, 0.1) is 22.7 Å². The van der Waals surface area contributed by atoms with Crippen molar-refractivity contribution in [1.29, 1.82) is 0 Å². The minimum atomic E-state index is -1.16. The highest BCUT2D eigenvalue weighted by Crippen LogP contribution is 2.56. The molecule has 6 rings (SSSR count). The van der Waals surface area contributed by atoms with Gasteiger partial charge in [-0.25, -0.2) is 5.84 Å². The average molecular weight is 586 g/mol. The number of nitrogens with zero attached hydrogens (tertiary/aromatic N) is 3. The normalized spacial score (nSPS) is 30.0. The zero-order valence-electron chi connectivity index (χ0n) is 23.7. The summed E-state index contributed by atoms with van der Waals surface area (Å²) < 4.78 is 6.33. The van der Waals surface area contributed by atoms with Crippen molar-refractivity contribution in [1.82, 2.24) is 14.8 Å². The number of fused-ring (bicyclic) bond motifs is 1. The highest BCUT2D eigenvalue weighted by molar-refractivity contribution is 6.31. The van der Waals surface area contributed by atoms with Gasteiger partial charge in [0.2, 0.25) is 11.8 Å².